The molecule has 0 radical (unpaired) electrons. The number of nitrogens with zero attached hydrogens (tertiary/aromatic N) is 1. The maximum atomic E-state index is 13.0. The number of hydrogen-bond donors (Lipinski definition) is 1. The van der Waals surface area contributed by atoms with E-state index in [1.807, 2.05) is 0 Å². The third-order valence-electron chi connectivity index (χ3n) is 2.61. The molecule has 0 unspecified atom stereocenters. The minimum atomic E-state index is -0.712. The van der Waals surface area contributed by atoms with E-state index < -0.39 is 11.6 Å². The van der Waals surface area contributed by atoms with Crippen molar-refractivity contribution in [2.45, 2.75) is 6.42 Å². The number of cyclic esters (lactones) is 1. The molecule has 0 saturated carbocycles. The van der Waals surface area contributed by atoms with Crippen molar-refractivity contribution in [2.75, 3.05) is 26.3 Å². The number of hydrogen-bond acceptors (Lipinski definition) is 4. The SMILES string of the molecule is O=C1OCCN1CCCOc1ccc(O)c(F)c1. The second-order valence-corrected chi connectivity index (χ2v) is 3.92. The van der Waals surface area contributed by atoms with Crippen LogP contribution in [-0.4, -0.2) is 42.4 Å². The number of carbonyl (C=O) groups is 1. The van der Waals surface area contributed by atoms with Crippen molar-refractivity contribution >= 4 is 6.09 Å². The summed E-state index contributed by atoms with van der Waals surface area (Å²) >= 11 is 0. The minimum Gasteiger partial charge on any atom is -0.505 e. The summed E-state index contributed by atoms with van der Waals surface area (Å²) in [4.78, 5) is 12.7. The van der Waals surface area contributed by atoms with E-state index in [0.29, 0.717) is 38.5 Å². The van der Waals surface area contributed by atoms with Crippen LogP contribution in [-0.2, 0) is 4.74 Å². The van der Waals surface area contributed by atoms with Gasteiger partial charge in [0.2, 0.25) is 0 Å². The summed E-state index contributed by atoms with van der Waals surface area (Å²) < 4.78 is 23.1. The van der Waals surface area contributed by atoms with Gasteiger partial charge in [-0.15, -0.1) is 0 Å². The zero-order valence-corrected chi connectivity index (χ0v) is 9.76. The number of phenols is 1. The molecule has 6 heteroatoms. The number of halogens is 1. The number of phenolic OH excluding ortho intramolecular Hbond substituents is 1. The Bertz CT molecular complexity index is 438. The summed E-state index contributed by atoms with van der Waals surface area (Å²) in [6, 6.07) is 3.85. The molecule has 0 aliphatic carbocycles. The summed E-state index contributed by atoms with van der Waals surface area (Å²) in [5.74, 6) is -0.757. The van der Waals surface area contributed by atoms with Gasteiger partial charge >= 0.3 is 6.09 Å². The number of carbonyl (C=O) groups excluding carboxylic acids is 1. The van der Waals surface area contributed by atoms with Crippen LogP contribution in [0.4, 0.5) is 9.18 Å². The number of benzene rings is 1. The lowest BCUT2D eigenvalue weighted by Crippen LogP contribution is -2.26. The van der Waals surface area contributed by atoms with E-state index in [1.165, 1.54) is 12.1 Å². The van der Waals surface area contributed by atoms with E-state index >= 15 is 0 Å². The van der Waals surface area contributed by atoms with Gasteiger partial charge in [0.05, 0.1) is 13.2 Å². The van der Waals surface area contributed by atoms with Crippen molar-refractivity contribution in [2.24, 2.45) is 0 Å². The first-order valence-electron chi connectivity index (χ1n) is 5.70. The molecule has 1 aromatic carbocycles. The molecule has 1 aliphatic heterocycles. The molecule has 1 amide bonds. The Hall–Kier alpha value is -1.98. The van der Waals surface area contributed by atoms with Crippen LogP contribution in [0.3, 0.4) is 0 Å². The molecule has 1 fully saturated rings. The lowest BCUT2D eigenvalue weighted by Gasteiger charge is -2.12. The maximum absolute atomic E-state index is 13.0. The monoisotopic (exact) mass is 255 g/mol. The molecule has 0 bridgehead atoms. The topological polar surface area (TPSA) is 59.0 Å². The Labute approximate surface area is 104 Å². The Kier molecular flexibility index (Phi) is 3.86. The molecule has 1 heterocycles. The second-order valence-electron chi connectivity index (χ2n) is 3.92. The summed E-state index contributed by atoms with van der Waals surface area (Å²) in [5.41, 5.74) is 0. The number of aromatic hydroxyl groups is 1. The molecule has 1 aromatic rings. The third-order valence-corrected chi connectivity index (χ3v) is 2.61. The van der Waals surface area contributed by atoms with Crippen LogP contribution >= 0.6 is 0 Å². The van der Waals surface area contributed by atoms with Crippen LogP contribution in [0.2, 0.25) is 0 Å². The summed E-state index contributed by atoms with van der Waals surface area (Å²) in [6.45, 7) is 1.96. The summed E-state index contributed by atoms with van der Waals surface area (Å²) in [5, 5.41) is 9.00. The average molecular weight is 255 g/mol. The molecule has 1 N–H and O–H groups in total. The molecule has 0 spiro atoms. The first-order chi connectivity index (χ1) is 8.66. The standard InChI is InChI=1S/C12H14FNO4/c13-10-8-9(2-3-11(10)15)17-6-1-4-14-5-7-18-12(14)16/h2-3,8,15H,1,4-7H2. The summed E-state index contributed by atoms with van der Waals surface area (Å²) in [6.07, 6.45) is 0.336. The van der Waals surface area contributed by atoms with Crippen LogP contribution in [0.25, 0.3) is 0 Å². The van der Waals surface area contributed by atoms with Crippen molar-refractivity contribution in [1.29, 1.82) is 0 Å². The molecule has 1 aliphatic rings. The zero-order valence-electron chi connectivity index (χ0n) is 9.76. The quantitative estimate of drug-likeness (QED) is 0.814. The Morgan fingerprint density at radius 2 is 2.33 bits per heavy atom. The van der Waals surface area contributed by atoms with Crippen LogP contribution in [0, 0.1) is 5.82 Å². The van der Waals surface area contributed by atoms with E-state index in [4.69, 9.17) is 14.6 Å². The van der Waals surface area contributed by atoms with Gasteiger partial charge in [-0.25, -0.2) is 9.18 Å². The van der Waals surface area contributed by atoms with Gasteiger partial charge < -0.3 is 19.5 Å². The molecule has 5 nitrogen and oxygen atoms in total. The highest BCUT2D eigenvalue weighted by Crippen LogP contribution is 2.21. The molecular weight excluding hydrogens is 241 g/mol. The van der Waals surface area contributed by atoms with E-state index in [0.717, 1.165) is 6.07 Å². The van der Waals surface area contributed by atoms with Gasteiger partial charge in [0.25, 0.3) is 0 Å². The highest BCUT2D eigenvalue weighted by Gasteiger charge is 2.20. The van der Waals surface area contributed by atoms with Gasteiger partial charge in [0.15, 0.2) is 11.6 Å². The number of rotatable bonds is 5. The molecule has 0 aromatic heterocycles. The number of amides is 1. The number of ether oxygens (including phenoxy) is 2. The lowest BCUT2D eigenvalue weighted by molar-refractivity contribution is 0.156. The summed E-state index contributed by atoms with van der Waals surface area (Å²) in [7, 11) is 0. The first-order valence-corrected chi connectivity index (χ1v) is 5.70. The predicted octanol–water partition coefficient (Wildman–Crippen LogP) is 1.75. The van der Waals surface area contributed by atoms with Crippen molar-refractivity contribution in [1.82, 2.24) is 4.90 Å². The Balaban J connectivity index is 1.71. The Morgan fingerprint density at radius 1 is 1.50 bits per heavy atom. The largest absolute Gasteiger partial charge is 0.505 e. The second kappa shape index (κ2) is 5.57. The zero-order chi connectivity index (χ0) is 13.0. The van der Waals surface area contributed by atoms with Gasteiger partial charge in [-0.05, 0) is 18.6 Å². The molecule has 2 rings (SSSR count). The maximum Gasteiger partial charge on any atom is 0.409 e. The molecule has 98 valence electrons. The minimum absolute atomic E-state index is 0.300. The fourth-order valence-corrected chi connectivity index (χ4v) is 1.65. The Morgan fingerprint density at radius 3 is 3.00 bits per heavy atom. The van der Waals surface area contributed by atoms with Crippen molar-refractivity contribution in [3.05, 3.63) is 24.0 Å². The smallest absolute Gasteiger partial charge is 0.409 e. The van der Waals surface area contributed by atoms with Gasteiger partial charge in [0, 0.05) is 12.6 Å². The van der Waals surface area contributed by atoms with Crippen molar-refractivity contribution in [3.8, 4) is 11.5 Å². The van der Waals surface area contributed by atoms with Gasteiger partial charge in [-0.3, -0.25) is 0 Å². The van der Waals surface area contributed by atoms with Crippen LogP contribution in [0.5, 0.6) is 11.5 Å². The highest BCUT2D eigenvalue weighted by atomic mass is 19.1. The van der Waals surface area contributed by atoms with Crippen LogP contribution in [0.15, 0.2) is 18.2 Å². The molecule has 1 saturated heterocycles. The van der Waals surface area contributed by atoms with Crippen LogP contribution < -0.4 is 4.74 Å². The fraction of sp³-hybridized carbons (Fsp3) is 0.417. The van der Waals surface area contributed by atoms with Crippen molar-refractivity contribution in [3.63, 3.8) is 0 Å². The van der Waals surface area contributed by atoms with Gasteiger partial charge in [-0.2, -0.15) is 0 Å². The third kappa shape index (κ3) is 3.03. The van der Waals surface area contributed by atoms with E-state index in [1.54, 1.807) is 4.90 Å². The first kappa shape index (κ1) is 12.5. The molecular formula is C12H14FNO4. The van der Waals surface area contributed by atoms with E-state index in [2.05, 4.69) is 0 Å². The van der Waals surface area contributed by atoms with Gasteiger partial charge in [-0.1, -0.05) is 0 Å². The van der Waals surface area contributed by atoms with Crippen LogP contribution in [0.1, 0.15) is 6.42 Å². The van der Waals surface area contributed by atoms with Gasteiger partial charge in [0.1, 0.15) is 12.4 Å². The highest BCUT2D eigenvalue weighted by molar-refractivity contribution is 5.69. The molecule has 0 atom stereocenters. The lowest BCUT2D eigenvalue weighted by atomic mass is 10.3. The van der Waals surface area contributed by atoms with E-state index in [9.17, 15) is 9.18 Å². The van der Waals surface area contributed by atoms with E-state index in [-0.39, 0.29) is 6.09 Å². The van der Waals surface area contributed by atoms with Crippen molar-refractivity contribution < 1.29 is 23.8 Å². The molecule has 18 heavy (non-hydrogen) atoms. The predicted molar refractivity (Wildman–Crippen MR) is 61.1 cm³/mol. The average Bonchev–Trinajstić information content (AvgIpc) is 2.75. The normalized spacial score (nSPS) is 14.7. The fourth-order valence-electron chi connectivity index (χ4n) is 1.65.